The van der Waals surface area contributed by atoms with Crippen molar-refractivity contribution in [2.75, 3.05) is 42.1 Å². The van der Waals surface area contributed by atoms with Crippen LogP contribution in [-0.4, -0.2) is 60.0 Å². The Bertz CT molecular complexity index is 1750. The van der Waals surface area contributed by atoms with Crippen molar-refractivity contribution in [2.45, 2.75) is 19.9 Å². The highest BCUT2D eigenvalue weighted by molar-refractivity contribution is 8.15. The highest BCUT2D eigenvalue weighted by atomic mass is 32.2. The number of halogens is 3. The van der Waals surface area contributed by atoms with Crippen molar-refractivity contribution in [3.05, 3.63) is 84.3 Å². The number of carbonyl (C=O) groups excluding carboxylic acids is 2. The molecule has 14 heteroatoms. The molecule has 1 fully saturated rings. The number of benzene rings is 3. The van der Waals surface area contributed by atoms with Gasteiger partial charge in [-0.3, -0.25) is 9.69 Å². The maximum atomic E-state index is 13.0. The standard InChI is InChI=1S/C31H29F3N6O4S/c1-19-13-20(26-15-39(18-35-26)22-8-10-24(11-9-22)44-31(32,33)34)6-12-25(19)36-29(42)37-30-40(28(41)17-45-30)27-14-23(38(2)3)7-5-21(27)16-43-4/h5-15,18H,16-17H2,1-4H3,(H,36,42)/b37-30-. The first kappa shape index (κ1) is 31.6. The van der Waals surface area contributed by atoms with Crippen LogP contribution in [0.2, 0.25) is 0 Å². The molecular formula is C31H29F3N6O4S. The summed E-state index contributed by atoms with van der Waals surface area (Å²) in [6.07, 6.45) is -1.47. The molecule has 1 saturated heterocycles. The van der Waals surface area contributed by atoms with Gasteiger partial charge in [-0.05, 0) is 61.0 Å². The van der Waals surface area contributed by atoms with Gasteiger partial charge in [0.1, 0.15) is 5.75 Å². The fraction of sp³-hybridized carbons (Fsp3) is 0.226. The van der Waals surface area contributed by atoms with E-state index < -0.39 is 12.4 Å². The number of urea groups is 1. The van der Waals surface area contributed by atoms with Gasteiger partial charge >= 0.3 is 12.4 Å². The second-order valence-corrected chi connectivity index (χ2v) is 11.2. The van der Waals surface area contributed by atoms with Crippen molar-refractivity contribution in [1.82, 2.24) is 9.55 Å². The van der Waals surface area contributed by atoms with Crippen LogP contribution in [0.1, 0.15) is 11.1 Å². The number of aliphatic imine (C=N–C) groups is 1. The number of hydrogen-bond acceptors (Lipinski definition) is 7. The van der Waals surface area contributed by atoms with Crippen molar-refractivity contribution in [3.8, 4) is 22.7 Å². The van der Waals surface area contributed by atoms with Crippen LogP contribution in [0, 0.1) is 6.92 Å². The fourth-order valence-corrected chi connectivity index (χ4v) is 5.48. The van der Waals surface area contributed by atoms with Gasteiger partial charge in [-0.25, -0.2) is 9.78 Å². The lowest BCUT2D eigenvalue weighted by molar-refractivity contribution is -0.274. The number of hydrogen-bond donors (Lipinski definition) is 1. The van der Waals surface area contributed by atoms with Crippen LogP contribution < -0.4 is 19.9 Å². The van der Waals surface area contributed by atoms with Crippen LogP contribution in [0.25, 0.3) is 16.9 Å². The zero-order chi connectivity index (χ0) is 32.3. The molecule has 0 saturated carbocycles. The Kier molecular flexibility index (Phi) is 9.16. The Morgan fingerprint density at radius 2 is 1.87 bits per heavy atom. The summed E-state index contributed by atoms with van der Waals surface area (Å²) in [5, 5.41) is 3.06. The first-order valence-electron chi connectivity index (χ1n) is 13.6. The van der Waals surface area contributed by atoms with Crippen LogP contribution in [0.15, 0.2) is 78.2 Å². The van der Waals surface area contributed by atoms with E-state index in [4.69, 9.17) is 4.74 Å². The minimum absolute atomic E-state index is 0.149. The number of anilines is 3. The molecule has 10 nitrogen and oxygen atoms in total. The molecule has 1 aliphatic rings. The van der Waals surface area contributed by atoms with E-state index in [0.29, 0.717) is 22.8 Å². The zero-order valence-corrected chi connectivity index (χ0v) is 25.6. The van der Waals surface area contributed by atoms with Gasteiger partial charge in [-0.2, -0.15) is 4.99 Å². The van der Waals surface area contributed by atoms with Crippen molar-refractivity contribution >= 4 is 45.9 Å². The average Bonchev–Trinajstić information content (AvgIpc) is 3.61. The molecule has 234 valence electrons. The second-order valence-electron chi connectivity index (χ2n) is 10.2. The van der Waals surface area contributed by atoms with Gasteiger partial charge in [0.2, 0.25) is 5.91 Å². The van der Waals surface area contributed by atoms with Crippen LogP contribution >= 0.6 is 11.8 Å². The number of ether oxygens (including phenoxy) is 2. The van der Waals surface area contributed by atoms with Crippen LogP contribution in [0.5, 0.6) is 5.75 Å². The van der Waals surface area contributed by atoms with Crippen molar-refractivity contribution in [1.29, 1.82) is 0 Å². The summed E-state index contributed by atoms with van der Waals surface area (Å²) in [6.45, 7) is 2.11. The predicted octanol–water partition coefficient (Wildman–Crippen LogP) is 6.63. The highest BCUT2D eigenvalue weighted by Gasteiger charge is 2.33. The Morgan fingerprint density at radius 1 is 1.11 bits per heavy atom. The molecule has 3 aromatic carbocycles. The van der Waals surface area contributed by atoms with Gasteiger partial charge in [0.25, 0.3) is 0 Å². The van der Waals surface area contributed by atoms with Crippen LogP contribution in [0.3, 0.4) is 0 Å². The molecule has 45 heavy (non-hydrogen) atoms. The maximum Gasteiger partial charge on any atom is 0.573 e. The molecular weight excluding hydrogens is 609 g/mol. The smallest absolute Gasteiger partial charge is 0.406 e. The number of nitrogens with zero attached hydrogens (tertiary/aromatic N) is 5. The van der Waals surface area contributed by atoms with E-state index in [1.54, 1.807) is 36.3 Å². The van der Waals surface area contributed by atoms with Gasteiger partial charge in [0.15, 0.2) is 5.17 Å². The molecule has 1 aromatic heterocycles. The molecule has 2 heterocycles. The number of carbonyl (C=O) groups is 2. The van der Waals surface area contributed by atoms with E-state index in [9.17, 15) is 22.8 Å². The molecule has 3 amide bonds. The molecule has 0 radical (unpaired) electrons. The topological polar surface area (TPSA) is 101 Å². The van der Waals surface area contributed by atoms with Gasteiger partial charge in [0.05, 0.1) is 30.1 Å². The highest BCUT2D eigenvalue weighted by Crippen LogP contribution is 2.33. The number of aryl methyl sites for hydroxylation is 1. The Balaban J connectivity index is 1.31. The number of amidine groups is 1. The first-order chi connectivity index (χ1) is 21.4. The summed E-state index contributed by atoms with van der Waals surface area (Å²) >= 11 is 1.18. The van der Waals surface area contributed by atoms with Crippen LogP contribution in [0.4, 0.5) is 35.0 Å². The number of alkyl halides is 3. The van der Waals surface area contributed by atoms with E-state index in [1.807, 2.05) is 50.2 Å². The van der Waals surface area contributed by atoms with Gasteiger partial charge in [-0.1, -0.05) is 23.9 Å². The third-order valence-electron chi connectivity index (χ3n) is 6.80. The number of nitrogens with one attached hydrogen (secondary N) is 1. The normalized spacial score (nSPS) is 14.2. The lowest BCUT2D eigenvalue weighted by Gasteiger charge is -2.22. The number of aromatic nitrogens is 2. The van der Waals surface area contributed by atoms with E-state index >= 15 is 0 Å². The molecule has 1 N–H and O–H groups in total. The second kappa shape index (κ2) is 13.0. The first-order valence-corrected chi connectivity index (χ1v) is 14.6. The van der Waals surface area contributed by atoms with Gasteiger partial charge in [0, 0.05) is 55.6 Å². The molecule has 1 aliphatic heterocycles. The molecule has 4 aromatic rings. The van der Waals surface area contributed by atoms with Gasteiger partial charge < -0.3 is 24.3 Å². The Labute approximate surface area is 261 Å². The molecule has 5 rings (SSSR count). The molecule has 0 aliphatic carbocycles. The summed E-state index contributed by atoms with van der Waals surface area (Å²) in [4.78, 5) is 38.0. The van der Waals surface area contributed by atoms with E-state index in [0.717, 1.165) is 22.4 Å². The number of thioether (sulfide) groups is 1. The minimum Gasteiger partial charge on any atom is -0.406 e. The molecule has 0 atom stereocenters. The average molecular weight is 639 g/mol. The lowest BCUT2D eigenvalue weighted by atomic mass is 10.1. The number of methoxy groups -OCH3 is 1. The molecule has 0 bridgehead atoms. The van der Waals surface area contributed by atoms with Gasteiger partial charge in [-0.15, -0.1) is 13.2 Å². The quantitative estimate of drug-likeness (QED) is 0.231. The summed E-state index contributed by atoms with van der Waals surface area (Å²) in [5.74, 6) is -0.355. The predicted molar refractivity (Wildman–Crippen MR) is 168 cm³/mol. The zero-order valence-electron chi connectivity index (χ0n) is 24.8. The summed E-state index contributed by atoms with van der Waals surface area (Å²) in [6, 6.07) is 15.9. The Morgan fingerprint density at radius 3 is 2.53 bits per heavy atom. The summed E-state index contributed by atoms with van der Waals surface area (Å²) in [7, 11) is 5.37. The number of rotatable bonds is 8. The maximum absolute atomic E-state index is 13.0. The van der Waals surface area contributed by atoms with Crippen LogP contribution in [-0.2, 0) is 16.1 Å². The SMILES string of the molecule is COCc1ccc(N(C)C)cc1N1C(=O)CS/C1=N\C(=O)Nc1ccc(-c2cn(-c3ccc(OC(F)(F)F)cc3)cn2)cc1C. The number of amides is 3. The molecule has 0 spiro atoms. The minimum atomic E-state index is -4.76. The Hall–Kier alpha value is -4.82. The summed E-state index contributed by atoms with van der Waals surface area (Å²) < 4.78 is 48.3. The third kappa shape index (κ3) is 7.46. The van der Waals surface area contributed by atoms with Crippen molar-refractivity contribution < 1.29 is 32.2 Å². The van der Waals surface area contributed by atoms with E-state index in [2.05, 4.69) is 20.0 Å². The fourth-order valence-electron chi connectivity index (χ4n) is 4.62. The van der Waals surface area contributed by atoms with E-state index in [1.165, 1.54) is 40.9 Å². The van der Waals surface area contributed by atoms with E-state index in [-0.39, 0.29) is 29.2 Å². The van der Waals surface area contributed by atoms with Crippen molar-refractivity contribution in [2.24, 2.45) is 4.99 Å². The number of imidazole rings is 1. The molecule has 0 unspecified atom stereocenters. The third-order valence-corrected chi connectivity index (χ3v) is 7.73. The lowest BCUT2D eigenvalue weighted by Crippen LogP contribution is -2.31. The largest absolute Gasteiger partial charge is 0.573 e. The summed E-state index contributed by atoms with van der Waals surface area (Å²) in [5.41, 5.74) is 5.54. The monoisotopic (exact) mass is 638 g/mol. The van der Waals surface area contributed by atoms with Crippen molar-refractivity contribution in [3.63, 3.8) is 0 Å².